The van der Waals surface area contributed by atoms with E-state index in [0.29, 0.717) is 6.54 Å². The van der Waals surface area contributed by atoms with Gasteiger partial charge in [0.05, 0.1) is 30.6 Å². The van der Waals surface area contributed by atoms with Gasteiger partial charge in [0.15, 0.2) is 0 Å². The summed E-state index contributed by atoms with van der Waals surface area (Å²) in [6.07, 6.45) is 1.25. The first-order valence-electron chi connectivity index (χ1n) is 7.24. The zero-order valence-electron chi connectivity index (χ0n) is 12.8. The van der Waals surface area contributed by atoms with E-state index in [1.54, 1.807) is 7.11 Å². The van der Waals surface area contributed by atoms with Crippen molar-refractivity contribution in [2.24, 2.45) is 0 Å². The normalized spacial score (nSPS) is 10.5. The lowest BCUT2D eigenvalue weighted by atomic mass is 10.2. The number of hydrogen-bond acceptors (Lipinski definition) is 3. The predicted molar refractivity (Wildman–Crippen MR) is 89.7 cm³/mol. The summed E-state index contributed by atoms with van der Waals surface area (Å²) in [5.74, 6) is 0.580. The highest BCUT2D eigenvalue weighted by Crippen LogP contribution is 2.23. The van der Waals surface area contributed by atoms with Crippen LogP contribution in [0.3, 0.4) is 0 Å². The summed E-state index contributed by atoms with van der Waals surface area (Å²) < 4.78 is 7.05. The molecule has 0 aliphatic carbocycles. The first kappa shape index (κ1) is 14.8. The van der Waals surface area contributed by atoms with E-state index in [4.69, 9.17) is 4.74 Å². The van der Waals surface area contributed by atoms with Gasteiger partial charge in [-0.25, -0.2) is 4.68 Å². The van der Waals surface area contributed by atoms with Gasteiger partial charge in [-0.3, -0.25) is 4.79 Å². The number of carbonyl (C=O) groups excluding carboxylic acids is 1. The molecule has 1 heterocycles. The molecule has 0 unspecified atom stereocenters. The lowest BCUT2D eigenvalue weighted by Gasteiger charge is -2.05. The third kappa shape index (κ3) is 2.94. The number of fused-ring (bicyclic) bond motifs is 1. The van der Waals surface area contributed by atoms with Gasteiger partial charge in [0.25, 0.3) is 0 Å². The Bertz CT molecular complexity index is 850. The molecular formula is C18H17N3O2. The molecule has 2 aromatic carbocycles. The minimum absolute atomic E-state index is 0.215. The van der Waals surface area contributed by atoms with Crippen molar-refractivity contribution in [1.82, 2.24) is 15.1 Å². The molecule has 1 amide bonds. The Labute approximate surface area is 134 Å². The molecule has 0 saturated carbocycles. The lowest BCUT2D eigenvalue weighted by molar-refractivity contribution is -0.116. The second-order valence-corrected chi connectivity index (χ2v) is 5.00. The molecule has 3 rings (SSSR count). The van der Waals surface area contributed by atoms with Crippen molar-refractivity contribution >= 4 is 16.8 Å². The van der Waals surface area contributed by atoms with Crippen LogP contribution in [0, 0.1) is 0 Å². The van der Waals surface area contributed by atoms with Gasteiger partial charge in [-0.15, -0.1) is 0 Å². The van der Waals surface area contributed by atoms with Gasteiger partial charge >= 0.3 is 0 Å². The number of nitrogens with one attached hydrogen (secondary N) is 1. The van der Waals surface area contributed by atoms with E-state index in [1.165, 1.54) is 6.08 Å². The number of benzene rings is 2. The van der Waals surface area contributed by atoms with Crippen molar-refractivity contribution in [2.75, 3.05) is 7.11 Å². The smallest absolute Gasteiger partial charge is 0.243 e. The van der Waals surface area contributed by atoms with Gasteiger partial charge in [-0.1, -0.05) is 24.8 Å². The largest absolute Gasteiger partial charge is 0.497 e. The summed E-state index contributed by atoms with van der Waals surface area (Å²) in [6, 6.07) is 15.6. The van der Waals surface area contributed by atoms with E-state index in [9.17, 15) is 4.79 Å². The van der Waals surface area contributed by atoms with Crippen LogP contribution in [-0.4, -0.2) is 22.8 Å². The highest BCUT2D eigenvalue weighted by molar-refractivity contribution is 5.88. The quantitative estimate of drug-likeness (QED) is 0.737. The highest BCUT2D eigenvalue weighted by atomic mass is 16.5. The van der Waals surface area contributed by atoms with Gasteiger partial charge in [0.1, 0.15) is 5.75 Å². The number of aromatic nitrogens is 2. The van der Waals surface area contributed by atoms with E-state index in [0.717, 1.165) is 28.0 Å². The number of para-hydroxylation sites is 1. The van der Waals surface area contributed by atoms with Gasteiger partial charge in [0, 0.05) is 5.39 Å². The summed E-state index contributed by atoms with van der Waals surface area (Å²) in [5, 5.41) is 8.43. The molecule has 0 atom stereocenters. The van der Waals surface area contributed by atoms with Crippen molar-refractivity contribution in [3.63, 3.8) is 0 Å². The number of rotatable bonds is 5. The van der Waals surface area contributed by atoms with Crippen LogP contribution < -0.4 is 10.1 Å². The molecule has 1 N–H and O–H groups in total. The van der Waals surface area contributed by atoms with E-state index < -0.39 is 0 Å². The van der Waals surface area contributed by atoms with Gasteiger partial charge in [0.2, 0.25) is 5.91 Å². The number of ether oxygens (including phenoxy) is 1. The number of methoxy groups -OCH3 is 1. The molecule has 23 heavy (non-hydrogen) atoms. The van der Waals surface area contributed by atoms with Gasteiger partial charge < -0.3 is 10.1 Å². The maximum Gasteiger partial charge on any atom is 0.243 e. The fourth-order valence-electron chi connectivity index (χ4n) is 2.42. The molecule has 0 saturated heterocycles. The molecular weight excluding hydrogens is 290 g/mol. The number of amides is 1. The molecule has 5 nitrogen and oxygen atoms in total. The Hall–Kier alpha value is -3.08. The van der Waals surface area contributed by atoms with E-state index in [-0.39, 0.29) is 5.91 Å². The van der Waals surface area contributed by atoms with Crippen molar-refractivity contribution in [3.05, 3.63) is 66.9 Å². The summed E-state index contributed by atoms with van der Waals surface area (Å²) in [6.45, 7) is 3.81. The monoisotopic (exact) mass is 307 g/mol. The SMILES string of the molecule is C=CC(=O)NCc1nn(-c2ccc(OC)cc2)c2ccccc12. The summed E-state index contributed by atoms with van der Waals surface area (Å²) >= 11 is 0. The molecule has 0 bridgehead atoms. The molecule has 3 aromatic rings. The maximum absolute atomic E-state index is 11.4. The van der Waals surface area contributed by atoms with Crippen LogP contribution >= 0.6 is 0 Å². The second kappa shape index (κ2) is 6.36. The summed E-state index contributed by atoms with van der Waals surface area (Å²) in [7, 11) is 1.64. The number of hydrogen-bond donors (Lipinski definition) is 1. The van der Waals surface area contributed by atoms with Crippen molar-refractivity contribution < 1.29 is 9.53 Å². The Balaban J connectivity index is 2.02. The Morgan fingerprint density at radius 3 is 2.70 bits per heavy atom. The predicted octanol–water partition coefficient (Wildman–Crippen LogP) is 2.84. The molecule has 0 fully saturated rings. The Morgan fingerprint density at radius 1 is 1.26 bits per heavy atom. The molecule has 0 radical (unpaired) electrons. The average molecular weight is 307 g/mol. The topological polar surface area (TPSA) is 56.2 Å². The standard InChI is InChI=1S/C18H17N3O2/c1-3-18(22)19-12-16-15-6-4-5-7-17(15)21(20-16)13-8-10-14(23-2)11-9-13/h3-11H,1,12H2,2H3,(H,19,22). The van der Waals surface area contributed by atoms with Crippen LogP contribution in [0.1, 0.15) is 5.69 Å². The molecule has 0 aliphatic heterocycles. The second-order valence-electron chi connectivity index (χ2n) is 5.00. The Kier molecular flexibility index (Phi) is 4.10. The minimum Gasteiger partial charge on any atom is -0.497 e. The summed E-state index contributed by atoms with van der Waals surface area (Å²) in [4.78, 5) is 11.4. The van der Waals surface area contributed by atoms with Gasteiger partial charge in [-0.2, -0.15) is 5.10 Å². The fraction of sp³-hybridized carbons (Fsp3) is 0.111. The van der Waals surface area contributed by atoms with Crippen LogP contribution in [0.5, 0.6) is 5.75 Å². The third-order valence-corrected chi connectivity index (χ3v) is 3.60. The molecule has 0 spiro atoms. The first-order valence-corrected chi connectivity index (χ1v) is 7.24. The fourth-order valence-corrected chi connectivity index (χ4v) is 2.42. The van der Waals surface area contributed by atoms with Crippen LogP contribution in [0.4, 0.5) is 0 Å². The van der Waals surface area contributed by atoms with E-state index >= 15 is 0 Å². The van der Waals surface area contributed by atoms with Crippen LogP contribution in [0.15, 0.2) is 61.2 Å². The zero-order valence-corrected chi connectivity index (χ0v) is 12.8. The Morgan fingerprint density at radius 2 is 2.00 bits per heavy atom. The number of carbonyl (C=O) groups is 1. The van der Waals surface area contributed by atoms with Gasteiger partial charge in [-0.05, 0) is 36.4 Å². The lowest BCUT2D eigenvalue weighted by Crippen LogP contribution is -2.20. The van der Waals surface area contributed by atoms with E-state index in [2.05, 4.69) is 17.0 Å². The number of nitrogens with zero attached hydrogens (tertiary/aromatic N) is 2. The average Bonchev–Trinajstić information content (AvgIpc) is 2.98. The highest BCUT2D eigenvalue weighted by Gasteiger charge is 2.11. The van der Waals surface area contributed by atoms with Crippen LogP contribution in [0.2, 0.25) is 0 Å². The molecule has 116 valence electrons. The van der Waals surface area contributed by atoms with Crippen molar-refractivity contribution in [2.45, 2.75) is 6.54 Å². The third-order valence-electron chi connectivity index (χ3n) is 3.60. The maximum atomic E-state index is 11.4. The van der Waals surface area contributed by atoms with Crippen molar-refractivity contribution in [1.29, 1.82) is 0 Å². The molecule has 5 heteroatoms. The van der Waals surface area contributed by atoms with Crippen molar-refractivity contribution in [3.8, 4) is 11.4 Å². The molecule has 0 aliphatic rings. The minimum atomic E-state index is -0.215. The first-order chi connectivity index (χ1) is 11.2. The molecule has 1 aromatic heterocycles. The summed E-state index contributed by atoms with van der Waals surface area (Å²) in [5.41, 5.74) is 2.73. The van der Waals surface area contributed by atoms with Crippen LogP contribution in [0.25, 0.3) is 16.6 Å². The zero-order chi connectivity index (χ0) is 16.2. The van der Waals surface area contributed by atoms with Crippen LogP contribution in [-0.2, 0) is 11.3 Å². The van der Waals surface area contributed by atoms with E-state index in [1.807, 2.05) is 53.2 Å².